The van der Waals surface area contributed by atoms with E-state index in [4.69, 9.17) is 0 Å². The molecule has 1 aliphatic rings. The maximum absolute atomic E-state index is 4.16. The van der Waals surface area contributed by atoms with Crippen molar-refractivity contribution in [3.8, 4) is 0 Å². The number of H-pyrrole nitrogens is 1. The van der Waals surface area contributed by atoms with Crippen molar-refractivity contribution in [2.24, 2.45) is 0 Å². The van der Waals surface area contributed by atoms with Gasteiger partial charge in [0.05, 0.1) is 6.04 Å². The van der Waals surface area contributed by atoms with Gasteiger partial charge in [0, 0.05) is 18.8 Å². The number of nitrogens with zero attached hydrogens (tertiary/aromatic N) is 2. The molecular weight excluding hydrogens is 226 g/mol. The number of nitrogens with one attached hydrogen (secondary N) is 3. The van der Waals surface area contributed by atoms with Crippen LogP contribution in [0.4, 0.5) is 5.69 Å². The van der Waals surface area contributed by atoms with Crippen LogP contribution in [0, 0.1) is 0 Å². The molecule has 0 bridgehead atoms. The van der Waals surface area contributed by atoms with E-state index in [1.54, 1.807) is 0 Å². The third kappa shape index (κ3) is 2.09. The number of aromatic amines is 1. The third-order valence-electron chi connectivity index (χ3n) is 3.38. The van der Waals surface area contributed by atoms with Crippen LogP contribution in [-0.2, 0) is 13.0 Å². The summed E-state index contributed by atoms with van der Waals surface area (Å²) in [6.07, 6.45) is 2.66. The van der Waals surface area contributed by atoms with Gasteiger partial charge in [0.2, 0.25) is 0 Å². The van der Waals surface area contributed by atoms with E-state index in [-0.39, 0.29) is 6.04 Å². The lowest BCUT2D eigenvalue weighted by atomic mass is 10.1. The molecular formula is C13H17N5. The Morgan fingerprint density at radius 1 is 1.44 bits per heavy atom. The summed E-state index contributed by atoms with van der Waals surface area (Å²) in [5, 5.41) is 13.7. The molecule has 0 spiro atoms. The first-order valence-corrected chi connectivity index (χ1v) is 6.28. The second kappa shape index (κ2) is 4.78. The number of anilines is 1. The molecule has 0 aliphatic carbocycles. The number of rotatable bonds is 4. The van der Waals surface area contributed by atoms with Gasteiger partial charge in [-0.15, -0.1) is 0 Å². The van der Waals surface area contributed by atoms with Gasteiger partial charge in [-0.05, 0) is 24.5 Å². The molecule has 2 aromatic rings. The maximum Gasteiger partial charge on any atom is 0.141 e. The van der Waals surface area contributed by atoms with Crippen LogP contribution in [-0.4, -0.2) is 21.7 Å². The highest BCUT2D eigenvalue weighted by molar-refractivity contribution is 5.61. The predicted octanol–water partition coefficient (Wildman–Crippen LogP) is 1.62. The van der Waals surface area contributed by atoms with Crippen LogP contribution in [0.1, 0.15) is 29.9 Å². The fraction of sp³-hybridized carbons (Fsp3) is 0.385. The maximum atomic E-state index is 4.16. The first-order valence-electron chi connectivity index (χ1n) is 6.28. The Labute approximate surface area is 106 Å². The Balaban J connectivity index is 1.69. The monoisotopic (exact) mass is 243 g/mol. The SMILES string of the molecule is CC(NCc1cccc2c1NCC2)c1ncn[nH]1. The largest absolute Gasteiger partial charge is 0.384 e. The van der Waals surface area contributed by atoms with E-state index in [0.717, 1.165) is 25.3 Å². The number of para-hydroxylation sites is 1. The standard InChI is InChI=1S/C13H17N5/c1-9(13-16-8-17-18-13)15-7-11-4-2-3-10-5-6-14-12(10)11/h2-4,8-9,14-15H,5-7H2,1H3,(H,16,17,18). The first kappa shape index (κ1) is 11.2. The molecule has 1 aromatic heterocycles. The van der Waals surface area contributed by atoms with Crippen LogP contribution in [0.15, 0.2) is 24.5 Å². The molecule has 0 amide bonds. The summed E-state index contributed by atoms with van der Waals surface area (Å²) in [7, 11) is 0. The number of aromatic nitrogens is 3. The van der Waals surface area contributed by atoms with E-state index in [2.05, 4.69) is 50.9 Å². The van der Waals surface area contributed by atoms with Gasteiger partial charge in [0.1, 0.15) is 12.2 Å². The van der Waals surface area contributed by atoms with Gasteiger partial charge in [-0.2, -0.15) is 5.10 Å². The lowest BCUT2D eigenvalue weighted by molar-refractivity contribution is 0.548. The average Bonchev–Trinajstić information content (AvgIpc) is 3.05. The highest BCUT2D eigenvalue weighted by Crippen LogP contribution is 2.26. The zero-order valence-corrected chi connectivity index (χ0v) is 10.4. The van der Waals surface area contributed by atoms with Crippen LogP contribution in [0.2, 0.25) is 0 Å². The quantitative estimate of drug-likeness (QED) is 0.763. The Kier molecular flexibility index (Phi) is 2.98. The number of fused-ring (bicyclic) bond motifs is 1. The minimum Gasteiger partial charge on any atom is -0.384 e. The Hall–Kier alpha value is -1.88. The van der Waals surface area contributed by atoms with E-state index in [0.29, 0.717) is 0 Å². The van der Waals surface area contributed by atoms with Gasteiger partial charge in [-0.3, -0.25) is 5.10 Å². The van der Waals surface area contributed by atoms with Crippen LogP contribution < -0.4 is 10.6 Å². The summed E-state index contributed by atoms with van der Waals surface area (Å²) in [5.74, 6) is 0.871. The lowest BCUT2D eigenvalue weighted by Crippen LogP contribution is -2.19. The van der Waals surface area contributed by atoms with Gasteiger partial charge in [0.15, 0.2) is 0 Å². The summed E-state index contributed by atoms with van der Waals surface area (Å²) in [6.45, 7) is 3.96. The minimum absolute atomic E-state index is 0.171. The lowest BCUT2D eigenvalue weighted by Gasteiger charge is -2.13. The molecule has 2 heterocycles. The Bertz CT molecular complexity index is 520. The zero-order chi connectivity index (χ0) is 12.4. The summed E-state index contributed by atoms with van der Waals surface area (Å²) < 4.78 is 0. The number of hydrogen-bond acceptors (Lipinski definition) is 4. The topological polar surface area (TPSA) is 65.6 Å². The summed E-state index contributed by atoms with van der Waals surface area (Å²) in [5.41, 5.74) is 4.03. The first-order chi connectivity index (χ1) is 8.84. The molecule has 0 fully saturated rings. The van der Waals surface area contributed by atoms with E-state index in [9.17, 15) is 0 Å². The van der Waals surface area contributed by atoms with E-state index in [1.165, 1.54) is 23.1 Å². The molecule has 3 rings (SSSR count). The van der Waals surface area contributed by atoms with Crippen molar-refractivity contribution >= 4 is 5.69 Å². The summed E-state index contributed by atoms with van der Waals surface area (Å²) in [6, 6.07) is 6.66. The smallest absolute Gasteiger partial charge is 0.141 e. The fourth-order valence-electron chi connectivity index (χ4n) is 2.34. The summed E-state index contributed by atoms with van der Waals surface area (Å²) >= 11 is 0. The normalized spacial score (nSPS) is 15.2. The molecule has 18 heavy (non-hydrogen) atoms. The van der Waals surface area contributed by atoms with Crippen molar-refractivity contribution < 1.29 is 0 Å². The van der Waals surface area contributed by atoms with Crippen molar-refractivity contribution in [1.29, 1.82) is 0 Å². The molecule has 0 saturated heterocycles. The molecule has 94 valence electrons. The van der Waals surface area contributed by atoms with Crippen molar-refractivity contribution in [3.05, 3.63) is 41.5 Å². The van der Waals surface area contributed by atoms with E-state index < -0.39 is 0 Å². The molecule has 1 aliphatic heterocycles. The Morgan fingerprint density at radius 3 is 3.22 bits per heavy atom. The average molecular weight is 243 g/mol. The molecule has 1 atom stereocenters. The second-order valence-corrected chi connectivity index (χ2v) is 4.60. The van der Waals surface area contributed by atoms with Crippen LogP contribution in [0.5, 0.6) is 0 Å². The van der Waals surface area contributed by atoms with Crippen LogP contribution in [0.3, 0.4) is 0 Å². The van der Waals surface area contributed by atoms with Crippen LogP contribution in [0.25, 0.3) is 0 Å². The molecule has 1 unspecified atom stereocenters. The molecule has 1 aromatic carbocycles. The molecule has 0 radical (unpaired) electrons. The zero-order valence-electron chi connectivity index (χ0n) is 10.4. The molecule has 5 heteroatoms. The van der Waals surface area contributed by atoms with Gasteiger partial charge < -0.3 is 10.6 Å². The summed E-state index contributed by atoms with van der Waals surface area (Å²) in [4.78, 5) is 4.16. The Morgan fingerprint density at radius 2 is 2.39 bits per heavy atom. The van der Waals surface area contributed by atoms with Crippen molar-refractivity contribution in [3.63, 3.8) is 0 Å². The third-order valence-corrected chi connectivity index (χ3v) is 3.38. The van der Waals surface area contributed by atoms with E-state index >= 15 is 0 Å². The second-order valence-electron chi connectivity index (χ2n) is 4.60. The molecule has 0 saturated carbocycles. The number of hydrogen-bond donors (Lipinski definition) is 3. The van der Waals surface area contributed by atoms with Gasteiger partial charge in [-0.25, -0.2) is 4.98 Å². The van der Waals surface area contributed by atoms with Crippen LogP contribution >= 0.6 is 0 Å². The predicted molar refractivity (Wildman–Crippen MR) is 70.3 cm³/mol. The van der Waals surface area contributed by atoms with Crippen molar-refractivity contribution in [2.75, 3.05) is 11.9 Å². The fourth-order valence-corrected chi connectivity index (χ4v) is 2.34. The van der Waals surface area contributed by atoms with Crippen molar-refractivity contribution in [1.82, 2.24) is 20.5 Å². The van der Waals surface area contributed by atoms with Gasteiger partial charge in [-0.1, -0.05) is 18.2 Å². The van der Waals surface area contributed by atoms with Gasteiger partial charge >= 0.3 is 0 Å². The van der Waals surface area contributed by atoms with Crippen molar-refractivity contribution in [2.45, 2.75) is 25.9 Å². The molecule has 5 nitrogen and oxygen atoms in total. The van der Waals surface area contributed by atoms with Gasteiger partial charge in [0.25, 0.3) is 0 Å². The highest BCUT2D eigenvalue weighted by atomic mass is 15.2. The molecule has 3 N–H and O–H groups in total. The minimum atomic E-state index is 0.171. The van der Waals surface area contributed by atoms with E-state index in [1.807, 2.05) is 0 Å². The number of benzene rings is 1. The highest BCUT2D eigenvalue weighted by Gasteiger charge is 2.14.